The summed E-state index contributed by atoms with van der Waals surface area (Å²) >= 11 is 0. The molecule has 1 N–H and O–H groups in total. The van der Waals surface area contributed by atoms with Crippen LogP contribution in [0.3, 0.4) is 0 Å². The number of ether oxygens (including phenoxy) is 3. The van der Waals surface area contributed by atoms with Crippen LogP contribution in [0.1, 0.15) is 29.8 Å². The molecule has 1 saturated heterocycles. The Morgan fingerprint density at radius 3 is 2.50 bits per heavy atom. The van der Waals surface area contributed by atoms with E-state index in [4.69, 9.17) is 14.2 Å². The molecule has 0 spiro atoms. The number of hydrogen-bond donors (Lipinski definition) is 1. The van der Waals surface area contributed by atoms with Crippen LogP contribution >= 0.6 is 0 Å². The minimum atomic E-state index is -0.448. The number of rotatable bonds is 10. The number of carbonyl (C=O) groups excluding carboxylic acids is 1. The highest BCUT2D eigenvalue weighted by Crippen LogP contribution is 2.30. The van der Waals surface area contributed by atoms with Gasteiger partial charge in [0.2, 0.25) is 0 Å². The standard InChI is InChI=1S/C23H29N3O6/c1-3-31-21-8-5-17(15-22(21)32-4-2)9-10-24-23(27)18-6-7-19(20(16-18)26(28)29)25-11-13-30-14-12-25/h5-8,15-16H,3-4,9-14H2,1-2H3,(H,24,27). The number of benzene rings is 2. The molecule has 1 fully saturated rings. The number of nitrogens with one attached hydrogen (secondary N) is 1. The van der Waals surface area contributed by atoms with E-state index in [1.807, 2.05) is 36.9 Å². The maximum atomic E-state index is 12.6. The van der Waals surface area contributed by atoms with Gasteiger partial charge in [-0.05, 0) is 50.1 Å². The molecule has 3 rings (SSSR count). The Morgan fingerprint density at radius 2 is 1.81 bits per heavy atom. The van der Waals surface area contributed by atoms with Gasteiger partial charge in [-0.2, -0.15) is 0 Å². The number of nitrogens with zero attached hydrogens (tertiary/aromatic N) is 2. The highest BCUT2D eigenvalue weighted by atomic mass is 16.6. The van der Waals surface area contributed by atoms with Crippen molar-refractivity contribution in [2.75, 3.05) is 51.0 Å². The second kappa shape index (κ2) is 11.3. The number of hydrogen-bond acceptors (Lipinski definition) is 7. The monoisotopic (exact) mass is 443 g/mol. The number of nitro groups is 1. The van der Waals surface area contributed by atoms with Gasteiger partial charge in [0.25, 0.3) is 11.6 Å². The topological polar surface area (TPSA) is 103 Å². The molecule has 0 bridgehead atoms. The van der Waals surface area contributed by atoms with Crippen LogP contribution < -0.4 is 19.7 Å². The van der Waals surface area contributed by atoms with Crippen molar-refractivity contribution in [1.29, 1.82) is 0 Å². The van der Waals surface area contributed by atoms with Crippen molar-refractivity contribution in [3.8, 4) is 11.5 Å². The normalized spacial score (nSPS) is 13.5. The average molecular weight is 444 g/mol. The lowest BCUT2D eigenvalue weighted by Gasteiger charge is -2.28. The summed E-state index contributed by atoms with van der Waals surface area (Å²) in [5, 5.41) is 14.4. The summed E-state index contributed by atoms with van der Waals surface area (Å²) in [4.78, 5) is 25.6. The molecule has 172 valence electrons. The van der Waals surface area contributed by atoms with Gasteiger partial charge in [-0.15, -0.1) is 0 Å². The second-order valence-corrected chi connectivity index (χ2v) is 7.21. The molecule has 0 atom stereocenters. The van der Waals surface area contributed by atoms with E-state index in [-0.39, 0.29) is 17.2 Å². The van der Waals surface area contributed by atoms with Crippen molar-refractivity contribution >= 4 is 17.3 Å². The Kier molecular flexibility index (Phi) is 8.27. The van der Waals surface area contributed by atoms with Gasteiger partial charge in [-0.1, -0.05) is 6.07 Å². The summed E-state index contributed by atoms with van der Waals surface area (Å²) in [5.41, 5.74) is 1.68. The van der Waals surface area contributed by atoms with Crippen molar-refractivity contribution < 1.29 is 23.9 Å². The summed E-state index contributed by atoms with van der Waals surface area (Å²) in [6.07, 6.45) is 0.589. The van der Waals surface area contributed by atoms with Gasteiger partial charge in [0.15, 0.2) is 11.5 Å². The quantitative estimate of drug-likeness (QED) is 0.444. The van der Waals surface area contributed by atoms with Gasteiger partial charge in [0.1, 0.15) is 5.69 Å². The fourth-order valence-electron chi connectivity index (χ4n) is 3.56. The zero-order chi connectivity index (χ0) is 22.9. The van der Waals surface area contributed by atoms with Crippen molar-refractivity contribution in [2.45, 2.75) is 20.3 Å². The predicted octanol–water partition coefficient (Wildman–Crippen LogP) is 3.20. The zero-order valence-corrected chi connectivity index (χ0v) is 18.5. The molecule has 0 aliphatic carbocycles. The van der Waals surface area contributed by atoms with Gasteiger partial charge in [0, 0.05) is 31.3 Å². The molecule has 0 aromatic heterocycles. The molecule has 9 heteroatoms. The van der Waals surface area contributed by atoms with Crippen molar-refractivity contribution in [3.05, 3.63) is 57.6 Å². The molecule has 1 aliphatic heterocycles. The number of nitro benzene ring substituents is 1. The first-order valence-electron chi connectivity index (χ1n) is 10.8. The lowest BCUT2D eigenvalue weighted by Crippen LogP contribution is -2.36. The van der Waals surface area contributed by atoms with Gasteiger partial charge in [-0.3, -0.25) is 14.9 Å². The van der Waals surface area contributed by atoms with E-state index in [1.165, 1.54) is 6.07 Å². The van der Waals surface area contributed by atoms with E-state index in [9.17, 15) is 14.9 Å². The summed E-state index contributed by atoms with van der Waals surface area (Å²) in [5.74, 6) is 1.01. The number of anilines is 1. The largest absolute Gasteiger partial charge is 0.490 e. The Bertz CT molecular complexity index is 943. The van der Waals surface area contributed by atoms with Gasteiger partial charge >= 0.3 is 0 Å². The van der Waals surface area contributed by atoms with Gasteiger partial charge in [0.05, 0.1) is 31.4 Å². The highest BCUT2D eigenvalue weighted by Gasteiger charge is 2.23. The third-order valence-electron chi connectivity index (χ3n) is 5.09. The summed E-state index contributed by atoms with van der Waals surface area (Å²) < 4.78 is 16.5. The SMILES string of the molecule is CCOc1ccc(CCNC(=O)c2ccc(N3CCOCC3)c([N+](=O)[O-])c2)cc1OCC. The fraction of sp³-hybridized carbons (Fsp3) is 0.435. The molecule has 0 unspecified atom stereocenters. The first kappa shape index (κ1) is 23.3. The average Bonchev–Trinajstić information content (AvgIpc) is 2.81. The van der Waals surface area contributed by atoms with Crippen LogP contribution in [0.25, 0.3) is 0 Å². The maximum absolute atomic E-state index is 12.6. The smallest absolute Gasteiger partial charge is 0.293 e. The molecule has 1 amide bonds. The van der Waals surface area contributed by atoms with E-state index in [2.05, 4.69) is 5.32 Å². The maximum Gasteiger partial charge on any atom is 0.293 e. The predicted molar refractivity (Wildman–Crippen MR) is 121 cm³/mol. The Hall–Kier alpha value is -3.33. The number of morpholine rings is 1. The molecule has 1 aliphatic rings. The number of carbonyl (C=O) groups is 1. The second-order valence-electron chi connectivity index (χ2n) is 7.21. The van der Waals surface area contributed by atoms with E-state index in [0.717, 1.165) is 5.56 Å². The van der Waals surface area contributed by atoms with Crippen LogP contribution in [0.15, 0.2) is 36.4 Å². The molecule has 2 aromatic carbocycles. The molecule has 2 aromatic rings. The molecule has 1 heterocycles. The van der Waals surface area contributed by atoms with Crippen LogP contribution in [0, 0.1) is 10.1 Å². The van der Waals surface area contributed by atoms with E-state index >= 15 is 0 Å². The summed E-state index contributed by atoms with van der Waals surface area (Å²) in [7, 11) is 0. The minimum Gasteiger partial charge on any atom is -0.490 e. The van der Waals surface area contributed by atoms with E-state index < -0.39 is 4.92 Å². The van der Waals surface area contributed by atoms with Crippen LogP contribution in [0.2, 0.25) is 0 Å². The molecule has 32 heavy (non-hydrogen) atoms. The summed E-state index contributed by atoms with van der Waals surface area (Å²) in [6, 6.07) is 10.3. The van der Waals surface area contributed by atoms with Gasteiger partial charge in [-0.25, -0.2) is 0 Å². The van der Waals surface area contributed by atoms with Gasteiger partial charge < -0.3 is 24.4 Å². The minimum absolute atomic E-state index is 0.0765. The van der Waals surface area contributed by atoms with Crippen molar-refractivity contribution in [1.82, 2.24) is 5.32 Å². The molecule has 0 saturated carbocycles. The molecular formula is C23H29N3O6. The third-order valence-corrected chi connectivity index (χ3v) is 5.09. The molecule has 0 radical (unpaired) electrons. The van der Waals surface area contributed by atoms with Crippen molar-refractivity contribution in [2.24, 2.45) is 0 Å². The lowest BCUT2D eigenvalue weighted by molar-refractivity contribution is -0.384. The lowest BCUT2D eigenvalue weighted by atomic mass is 10.1. The third kappa shape index (κ3) is 5.88. The van der Waals surface area contributed by atoms with Crippen LogP contribution in [0.4, 0.5) is 11.4 Å². The first-order valence-corrected chi connectivity index (χ1v) is 10.8. The van der Waals surface area contributed by atoms with Crippen molar-refractivity contribution in [3.63, 3.8) is 0 Å². The van der Waals surface area contributed by atoms with Crippen LogP contribution in [-0.2, 0) is 11.2 Å². The Labute approximate surface area is 187 Å². The summed E-state index contributed by atoms with van der Waals surface area (Å²) in [6.45, 7) is 7.49. The van der Waals surface area contributed by atoms with E-state index in [1.54, 1.807) is 12.1 Å². The van der Waals surface area contributed by atoms with Crippen LogP contribution in [0.5, 0.6) is 11.5 Å². The number of amides is 1. The van der Waals surface area contributed by atoms with Crippen LogP contribution in [-0.4, -0.2) is 56.9 Å². The molecule has 9 nitrogen and oxygen atoms in total. The molecular weight excluding hydrogens is 414 g/mol. The fourth-order valence-corrected chi connectivity index (χ4v) is 3.56. The highest BCUT2D eigenvalue weighted by molar-refractivity contribution is 5.95. The Balaban J connectivity index is 1.64. The first-order chi connectivity index (χ1) is 15.5. The zero-order valence-electron chi connectivity index (χ0n) is 18.5. The van der Waals surface area contributed by atoms with E-state index in [0.29, 0.717) is 69.7 Å². The Morgan fingerprint density at radius 1 is 1.09 bits per heavy atom.